The molecule has 0 spiro atoms. The van der Waals surface area contributed by atoms with Crippen LogP contribution in [0, 0.1) is 0 Å². The first-order valence-corrected chi connectivity index (χ1v) is 53.2. The number of para-hydroxylation sites is 4. The lowest BCUT2D eigenvalue weighted by Gasteiger charge is -2.43. The van der Waals surface area contributed by atoms with Crippen molar-refractivity contribution in [1.29, 1.82) is 0 Å². The first kappa shape index (κ1) is 86.9. The molecule has 6 saturated carbocycles. The first-order chi connectivity index (χ1) is 68.4. The molecule has 0 atom stereocenters. The van der Waals surface area contributed by atoms with Gasteiger partial charge in [-0.05, 0) is 414 Å². The Bertz CT molecular complexity index is 6790. The van der Waals surface area contributed by atoms with Crippen LogP contribution in [0.3, 0.4) is 0 Å². The van der Waals surface area contributed by atoms with Gasteiger partial charge in [0.15, 0.2) is 0 Å². The van der Waals surface area contributed by atoms with Crippen LogP contribution in [0.15, 0.2) is 243 Å². The highest BCUT2D eigenvalue weighted by atomic mass is 15.2. The van der Waals surface area contributed by atoms with Crippen molar-refractivity contribution in [2.45, 2.75) is 398 Å². The van der Waals surface area contributed by atoms with Gasteiger partial charge in [-0.15, -0.1) is 0 Å². The highest BCUT2D eigenvalue weighted by Crippen LogP contribution is 2.62. The van der Waals surface area contributed by atoms with Gasteiger partial charge in [-0.1, -0.05) is 317 Å². The molecule has 720 valence electrons. The number of benzene rings is 12. The molecule has 6 fully saturated rings. The van der Waals surface area contributed by atoms with Crippen LogP contribution >= 0.6 is 0 Å². The van der Waals surface area contributed by atoms with E-state index in [1.807, 2.05) is 33.8 Å². The van der Waals surface area contributed by atoms with E-state index in [1.54, 1.807) is 0 Å². The van der Waals surface area contributed by atoms with Gasteiger partial charge in [0.05, 0.1) is 0 Å². The molecule has 0 aromatic heterocycles. The second-order valence-electron chi connectivity index (χ2n) is 48.6. The maximum Gasteiger partial charge on any atom is 0.0454 e. The van der Waals surface area contributed by atoms with Crippen LogP contribution in [-0.2, 0) is 21.7 Å². The maximum absolute atomic E-state index is 9.93. The molecule has 0 saturated heterocycles. The van der Waals surface area contributed by atoms with Crippen molar-refractivity contribution >= 4 is 45.5 Å². The van der Waals surface area contributed by atoms with Gasteiger partial charge in [-0.3, -0.25) is 0 Å². The van der Waals surface area contributed by atoms with Crippen LogP contribution in [0.4, 0.5) is 45.5 Å². The predicted octanol–water partition coefficient (Wildman–Crippen LogP) is 39.1. The molecule has 138 heavy (non-hydrogen) atoms. The summed E-state index contributed by atoms with van der Waals surface area (Å²) in [7, 11) is 0. The topological polar surface area (TPSA) is 13.0 Å². The lowest BCUT2D eigenvalue weighted by molar-refractivity contribution is 0.438. The molecule has 0 amide bonds. The average molecular weight is 1840 g/mol. The zero-order valence-electron chi connectivity index (χ0n) is 96.4. The lowest BCUT2D eigenvalue weighted by Crippen LogP contribution is -2.39. The quantitative estimate of drug-likeness (QED) is 0.0956. The van der Waals surface area contributed by atoms with Crippen LogP contribution in [0.25, 0.3) is 44.5 Å². The first-order valence-electron chi connectivity index (χ1n) is 57.2. The zero-order chi connectivity index (χ0) is 105. The minimum Gasteiger partial charge on any atom is -0.336 e. The molecule has 0 aliphatic heterocycles. The van der Waals surface area contributed by atoms with Crippen molar-refractivity contribution in [3.63, 3.8) is 0 Å². The normalized spacial score (nSPS) is 20.6. The van der Waals surface area contributed by atoms with Crippen LogP contribution in [0.1, 0.15) is 455 Å². The minimum absolute atomic E-state index is 0.0891. The largest absolute Gasteiger partial charge is 0.336 e. The van der Waals surface area contributed by atoms with Gasteiger partial charge < -0.3 is 19.6 Å². The average Bonchev–Trinajstić information content (AvgIpc) is 1.56. The second-order valence-corrected chi connectivity index (χ2v) is 48.6. The standard InChI is InChI=1S/C37H47N.C35H43N.C31H35N.C31H39N/c1-36(2,3)38(34-23-15-13-20-28(34)26-16-8-6-9-17-26)35-25-33-31(24-30(35)27-18-10-7-11-19-27)29-21-12-14-22-32(29)37(33,4)5;1-34(2,3)36(32-21-13-11-18-26(32)24-14-6-7-15-24)33-23-31-29(22-28(33)25-16-8-9-17-25)27-19-10-12-20-30(27)35(31,4)5;1-30(2,3)32(28-13-9-7-10-22(28)20-14-15-20)29-19-27-25(18-24(29)21-16-17-21)23-11-6-8-12-26(23)31(27,4)5;1-20(2)22-14-11-13-17-28(22)32(30(5,6)7)29-19-27-25(18-24(29)21(3)4)23-15-10-12-16-26(23)31(27,8)9/h12-15,20-27H,6-11,16-19H2,1-5H3;10-13,18-25H,6-9,14-17H2,1-5H3;6-13,18-21H,14-17H2,1-5H3;10-21H,1-9H3/i26D,27D;24D,25D;2*20D,21D. The van der Waals surface area contributed by atoms with E-state index in [4.69, 9.17) is 4.11 Å². The molecule has 0 unspecified atom stereocenters. The third-order valence-electron chi connectivity index (χ3n) is 32.7. The summed E-state index contributed by atoms with van der Waals surface area (Å²) in [5, 5.41) is 0. The van der Waals surface area contributed by atoms with E-state index in [0.717, 1.165) is 201 Å². The molecule has 22 rings (SSSR count). The summed E-state index contributed by atoms with van der Waals surface area (Å²) in [6, 6.07) is 88.4. The van der Waals surface area contributed by atoms with Crippen molar-refractivity contribution in [2.75, 3.05) is 19.6 Å². The predicted molar refractivity (Wildman–Crippen MR) is 596 cm³/mol. The highest BCUT2D eigenvalue weighted by Gasteiger charge is 2.47. The Morgan fingerprint density at radius 3 is 0.717 bits per heavy atom. The molecule has 10 aliphatic rings. The van der Waals surface area contributed by atoms with E-state index in [0.29, 0.717) is 0 Å². The van der Waals surface area contributed by atoms with Gasteiger partial charge in [0.2, 0.25) is 0 Å². The number of nitrogens with zero attached hydrogens (tertiary/aromatic N) is 4. The Morgan fingerprint density at radius 2 is 0.435 bits per heavy atom. The Balaban J connectivity index is 0.000000123. The van der Waals surface area contributed by atoms with Crippen LogP contribution in [0.2, 0.25) is 0 Å². The Hall–Kier alpha value is -10.2. The van der Waals surface area contributed by atoms with Gasteiger partial charge in [-0.2, -0.15) is 0 Å². The lowest BCUT2D eigenvalue weighted by atomic mass is 9.78. The van der Waals surface area contributed by atoms with Crippen molar-refractivity contribution in [3.8, 4) is 44.5 Å². The molecule has 12 aromatic carbocycles. The molecule has 0 N–H and O–H groups in total. The molecule has 4 heteroatoms. The van der Waals surface area contributed by atoms with Crippen molar-refractivity contribution in [1.82, 2.24) is 0 Å². The summed E-state index contributed by atoms with van der Waals surface area (Å²) in [5.41, 5.74) is 37.8. The summed E-state index contributed by atoms with van der Waals surface area (Å²) in [5.74, 6) is -4.84. The van der Waals surface area contributed by atoms with E-state index < -0.39 is 47.2 Å². The van der Waals surface area contributed by atoms with E-state index in [9.17, 15) is 6.85 Å². The van der Waals surface area contributed by atoms with Crippen molar-refractivity contribution < 1.29 is 11.0 Å². The fourth-order valence-electron chi connectivity index (χ4n) is 25.6. The Morgan fingerprint density at radius 1 is 0.217 bits per heavy atom. The minimum atomic E-state index is -0.791. The molecule has 0 bridgehead atoms. The summed E-state index contributed by atoms with van der Waals surface area (Å²) >= 11 is 0. The van der Waals surface area contributed by atoms with Gasteiger partial charge in [-0.25, -0.2) is 0 Å². The molecule has 0 radical (unpaired) electrons. The number of rotatable bonds is 16. The van der Waals surface area contributed by atoms with Crippen LogP contribution in [-0.4, -0.2) is 22.2 Å². The molecule has 0 heterocycles. The van der Waals surface area contributed by atoms with Crippen LogP contribution in [0.5, 0.6) is 0 Å². The van der Waals surface area contributed by atoms with Gasteiger partial charge in [0.25, 0.3) is 0 Å². The van der Waals surface area contributed by atoms with Crippen LogP contribution < -0.4 is 19.6 Å². The van der Waals surface area contributed by atoms with E-state index >= 15 is 0 Å². The number of hydrogen-bond donors (Lipinski definition) is 0. The fourth-order valence-corrected chi connectivity index (χ4v) is 25.6. The third-order valence-corrected chi connectivity index (χ3v) is 32.7. The molecule has 12 aromatic rings. The highest BCUT2D eigenvalue weighted by molar-refractivity contribution is 5.91. The Kier molecular flexibility index (Phi) is 23.5. The summed E-state index contributed by atoms with van der Waals surface area (Å²) < 4.78 is 75.1. The monoisotopic (exact) mass is 1840 g/mol. The zero-order valence-corrected chi connectivity index (χ0v) is 88.4. The van der Waals surface area contributed by atoms with E-state index in [2.05, 4.69) is 395 Å². The van der Waals surface area contributed by atoms with Crippen molar-refractivity contribution in [2.24, 2.45) is 0 Å². The molecular weight excluding hydrogens is 1670 g/mol. The Labute approximate surface area is 845 Å². The smallest absolute Gasteiger partial charge is 0.0454 e. The third kappa shape index (κ3) is 18.0. The molecule has 10 aliphatic carbocycles. The van der Waals surface area contributed by atoms with Crippen molar-refractivity contribution in [3.05, 3.63) is 332 Å². The molecular formula is C134H164N4. The van der Waals surface area contributed by atoms with Gasteiger partial charge in [0.1, 0.15) is 0 Å². The van der Waals surface area contributed by atoms with Gasteiger partial charge in [0, 0.05) is 100 Å². The SMILES string of the molecule is [2H]C(C)(C)c1ccccc1N(c1cc2c(cc1C([2H])(C)C)-c1ccccc1C2(C)C)C(C)(C)C.[2H]C1(c2ccccc2N(c2cc3c(cc2C2([2H])CC2)-c2ccccc2C3(C)C)C(C)(C)C)CC1.[2H]C1(c2ccccc2N(c2cc3c(cc2C2([2H])CCCC2)-c2ccccc2C3(C)C)C(C)(C)C)CCCC1.[2H]C1(c2ccccc2N(c2cc3c(cc2C2([2H])CCCCC2)-c2ccccc2C3(C)C)C(C)(C)C)CCCCC1. The number of anilines is 8. The summed E-state index contributed by atoms with van der Waals surface area (Å²) in [4.78, 5) is 9.83. The number of hydrogen-bond acceptors (Lipinski definition) is 4. The number of fused-ring (bicyclic) bond motifs is 12. The summed E-state index contributed by atoms with van der Waals surface area (Å²) in [6.45, 7) is 53.7. The second kappa shape index (κ2) is 37.4. The van der Waals surface area contributed by atoms with Gasteiger partial charge >= 0.3 is 0 Å². The van der Waals surface area contributed by atoms with E-state index in [1.165, 1.54) is 119 Å². The fraction of sp³-hybridized carbons (Fsp3) is 0.463. The summed E-state index contributed by atoms with van der Waals surface area (Å²) in [6.07, 6.45) is 22.4. The molecule has 4 nitrogen and oxygen atoms in total. The maximum atomic E-state index is 9.93. The van der Waals surface area contributed by atoms with E-state index in [-0.39, 0.29) is 43.8 Å².